The van der Waals surface area contributed by atoms with E-state index in [0.717, 1.165) is 33.4 Å². The Balaban J connectivity index is 1.41. The van der Waals surface area contributed by atoms with Crippen molar-refractivity contribution in [2.75, 3.05) is 0 Å². The maximum Gasteiger partial charge on any atom is 0.237 e. The second-order valence-corrected chi connectivity index (χ2v) is 7.88. The smallest absolute Gasteiger partial charge is 0.237 e. The third-order valence-electron chi connectivity index (χ3n) is 4.82. The molecule has 7 nitrogen and oxygen atoms in total. The van der Waals surface area contributed by atoms with E-state index in [1.165, 1.54) is 11.8 Å². The van der Waals surface area contributed by atoms with E-state index < -0.39 is 0 Å². The van der Waals surface area contributed by atoms with Gasteiger partial charge in [-0.1, -0.05) is 77.6 Å². The van der Waals surface area contributed by atoms with Crippen molar-refractivity contribution in [1.29, 1.82) is 0 Å². The summed E-state index contributed by atoms with van der Waals surface area (Å²) in [5.74, 6) is 3.20. The highest BCUT2D eigenvalue weighted by atomic mass is 32.2. The molecule has 0 radical (unpaired) electrons. The van der Waals surface area contributed by atoms with Crippen molar-refractivity contribution in [3.8, 4) is 22.8 Å². The van der Waals surface area contributed by atoms with Gasteiger partial charge in [-0.3, -0.25) is 4.57 Å². The zero-order valence-electron chi connectivity index (χ0n) is 16.8. The molecule has 0 fully saturated rings. The van der Waals surface area contributed by atoms with E-state index in [4.69, 9.17) is 8.94 Å². The van der Waals surface area contributed by atoms with Crippen molar-refractivity contribution in [2.24, 2.45) is 0 Å². The van der Waals surface area contributed by atoms with Gasteiger partial charge in [0.05, 0.1) is 24.1 Å². The molecule has 2 aromatic carbocycles. The lowest BCUT2D eigenvalue weighted by atomic mass is 10.2. The molecule has 0 aliphatic heterocycles. The Labute approximate surface area is 183 Å². The second kappa shape index (κ2) is 8.61. The summed E-state index contributed by atoms with van der Waals surface area (Å²) in [6, 6.07) is 21.9. The minimum Gasteiger partial charge on any atom is -0.469 e. The Kier molecular flexibility index (Phi) is 5.37. The van der Waals surface area contributed by atoms with Crippen LogP contribution in [0.1, 0.15) is 17.2 Å². The van der Waals surface area contributed by atoms with E-state index in [0.29, 0.717) is 24.0 Å². The van der Waals surface area contributed by atoms with Gasteiger partial charge in [0.1, 0.15) is 5.76 Å². The zero-order chi connectivity index (χ0) is 21.0. The third-order valence-corrected chi connectivity index (χ3v) is 5.78. The predicted molar refractivity (Wildman–Crippen MR) is 117 cm³/mol. The summed E-state index contributed by atoms with van der Waals surface area (Å²) in [5, 5.41) is 13.7. The second-order valence-electron chi connectivity index (χ2n) is 6.93. The number of thioether (sulfide) groups is 1. The molecule has 0 spiro atoms. The molecular weight excluding hydrogens is 410 g/mol. The van der Waals surface area contributed by atoms with Crippen molar-refractivity contribution in [1.82, 2.24) is 24.9 Å². The minimum atomic E-state index is 0.497. The van der Waals surface area contributed by atoms with Crippen LogP contribution in [0.3, 0.4) is 0 Å². The number of hydrogen-bond acceptors (Lipinski definition) is 7. The first-order valence-corrected chi connectivity index (χ1v) is 10.8. The van der Waals surface area contributed by atoms with Crippen LogP contribution in [0.5, 0.6) is 0 Å². The largest absolute Gasteiger partial charge is 0.469 e. The normalized spacial score (nSPS) is 11.1. The number of furan rings is 1. The maximum absolute atomic E-state index is 5.49. The van der Waals surface area contributed by atoms with Crippen LogP contribution >= 0.6 is 11.8 Å². The summed E-state index contributed by atoms with van der Waals surface area (Å²) in [5.41, 5.74) is 3.02. The van der Waals surface area contributed by atoms with Crippen LogP contribution in [-0.2, 0) is 12.3 Å². The van der Waals surface area contributed by atoms with E-state index in [2.05, 4.69) is 37.0 Å². The van der Waals surface area contributed by atoms with Crippen LogP contribution in [0, 0.1) is 6.92 Å². The van der Waals surface area contributed by atoms with Gasteiger partial charge < -0.3 is 8.94 Å². The first kappa shape index (κ1) is 19.3. The molecule has 0 N–H and O–H groups in total. The van der Waals surface area contributed by atoms with Gasteiger partial charge in [0, 0.05) is 5.56 Å². The number of aromatic nitrogens is 5. The Morgan fingerprint density at radius 2 is 1.71 bits per heavy atom. The molecule has 5 aromatic rings. The maximum atomic E-state index is 5.49. The summed E-state index contributed by atoms with van der Waals surface area (Å²) in [6.07, 6.45) is 1.67. The van der Waals surface area contributed by atoms with Crippen LogP contribution < -0.4 is 0 Å². The van der Waals surface area contributed by atoms with E-state index in [1.54, 1.807) is 6.26 Å². The van der Waals surface area contributed by atoms with Crippen molar-refractivity contribution >= 4 is 11.8 Å². The molecule has 0 saturated carbocycles. The summed E-state index contributed by atoms with van der Waals surface area (Å²) in [4.78, 5) is 4.51. The lowest BCUT2D eigenvalue weighted by molar-refractivity contribution is 0.391. The van der Waals surface area contributed by atoms with Crippen molar-refractivity contribution in [3.63, 3.8) is 0 Å². The van der Waals surface area contributed by atoms with Gasteiger partial charge in [-0.2, -0.15) is 4.98 Å². The Morgan fingerprint density at radius 1 is 0.935 bits per heavy atom. The van der Waals surface area contributed by atoms with E-state index in [-0.39, 0.29) is 0 Å². The number of nitrogens with zero attached hydrogens (tertiary/aromatic N) is 5. The standard InChI is InChI=1S/C23H19N5O2S/c1-16-19(12-13-29-16)22-25-26-23(28(22)14-17-8-4-2-5-9-17)31-15-20-24-21(27-30-20)18-10-6-3-7-11-18/h2-13H,14-15H2,1H3. The van der Waals surface area contributed by atoms with Gasteiger partial charge in [0.2, 0.25) is 11.7 Å². The lowest BCUT2D eigenvalue weighted by Gasteiger charge is -2.09. The SMILES string of the molecule is Cc1occc1-c1nnc(SCc2nc(-c3ccccc3)no2)n1Cc1ccccc1. The quantitative estimate of drug-likeness (QED) is 0.327. The minimum absolute atomic E-state index is 0.497. The molecule has 5 rings (SSSR count). The number of aryl methyl sites for hydroxylation is 1. The van der Waals surface area contributed by atoms with Gasteiger partial charge in [-0.25, -0.2) is 0 Å². The van der Waals surface area contributed by atoms with Gasteiger partial charge >= 0.3 is 0 Å². The van der Waals surface area contributed by atoms with Gasteiger partial charge in [-0.15, -0.1) is 10.2 Å². The molecule has 154 valence electrons. The summed E-state index contributed by atoms with van der Waals surface area (Å²) in [7, 11) is 0. The molecule has 0 unspecified atom stereocenters. The molecule has 0 saturated heterocycles. The Morgan fingerprint density at radius 3 is 2.45 bits per heavy atom. The van der Waals surface area contributed by atoms with Crippen molar-refractivity contribution < 1.29 is 8.94 Å². The van der Waals surface area contributed by atoms with E-state index in [9.17, 15) is 0 Å². The molecule has 3 aromatic heterocycles. The van der Waals surface area contributed by atoms with Crippen LogP contribution in [0.15, 0.2) is 87.1 Å². The molecule has 0 aliphatic rings. The summed E-state index contributed by atoms with van der Waals surface area (Å²) in [6.45, 7) is 2.57. The predicted octanol–water partition coefficient (Wildman–Crippen LogP) is 5.24. The molecule has 0 aliphatic carbocycles. The van der Waals surface area contributed by atoms with E-state index >= 15 is 0 Å². The van der Waals surface area contributed by atoms with Crippen LogP contribution in [0.25, 0.3) is 22.8 Å². The number of hydrogen-bond donors (Lipinski definition) is 0. The molecule has 31 heavy (non-hydrogen) atoms. The highest BCUT2D eigenvalue weighted by Crippen LogP contribution is 2.29. The monoisotopic (exact) mass is 429 g/mol. The number of benzene rings is 2. The highest BCUT2D eigenvalue weighted by molar-refractivity contribution is 7.98. The molecule has 0 amide bonds. The molecular formula is C23H19N5O2S. The first-order chi connectivity index (χ1) is 15.3. The fraction of sp³-hybridized carbons (Fsp3) is 0.130. The average Bonchev–Trinajstić information content (AvgIpc) is 3.54. The first-order valence-electron chi connectivity index (χ1n) is 9.80. The fourth-order valence-corrected chi connectivity index (χ4v) is 4.04. The summed E-state index contributed by atoms with van der Waals surface area (Å²) < 4.78 is 13.0. The van der Waals surface area contributed by atoms with Crippen LogP contribution in [-0.4, -0.2) is 24.9 Å². The lowest BCUT2D eigenvalue weighted by Crippen LogP contribution is -2.04. The zero-order valence-corrected chi connectivity index (χ0v) is 17.6. The molecule has 0 atom stereocenters. The third kappa shape index (κ3) is 4.15. The van der Waals surface area contributed by atoms with Crippen LogP contribution in [0.4, 0.5) is 0 Å². The van der Waals surface area contributed by atoms with Crippen molar-refractivity contribution in [3.05, 3.63) is 90.2 Å². The van der Waals surface area contributed by atoms with E-state index in [1.807, 2.05) is 61.5 Å². The summed E-state index contributed by atoms with van der Waals surface area (Å²) >= 11 is 1.51. The van der Waals surface area contributed by atoms with Crippen molar-refractivity contribution in [2.45, 2.75) is 24.4 Å². The molecule has 8 heteroatoms. The Hall–Kier alpha value is -3.65. The van der Waals surface area contributed by atoms with Gasteiger partial charge in [-0.05, 0) is 18.6 Å². The van der Waals surface area contributed by atoms with Gasteiger partial charge in [0.25, 0.3) is 0 Å². The molecule has 0 bridgehead atoms. The number of rotatable bonds is 7. The fourth-order valence-electron chi connectivity index (χ4n) is 3.26. The average molecular weight is 430 g/mol. The van der Waals surface area contributed by atoms with Gasteiger partial charge in [0.15, 0.2) is 11.0 Å². The Bertz CT molecular complexity index is 1280. The van der Waals surface area contributed by atoms with Crippen LogP contribution in [0.2, 0.25) is 0 Å². The topological polar surface area (TPSA) is 82.8 Å². The molecule has 3 heterocycles. The highest BCUT2D eigenvalue weighted by Gasteiger charge is 2.19.